The topological polar surface area (TPSA) is 55.8 Å². The molecule has 0 bridgehead atoms. The van der Waals surface area contributed by atoms with Crippen molar-refractivity contribution in [2.75, 3.05) is 7.11 Å². The number of benzene rings is 3. The standard InChI is InChI=1S/C35H40O4/c1-3-4-6-13-29(36)19-20-30-31-21-27-12-9-14-33(38-2)32(27)22-28(31)23-34(30)39-35(37)26-17-15-25(16-18-26)24-10-7-5-8-11-24/h5,7-12,14-20,28-31,34,36H,3-4,6,13,21-23H2,1-2H3/b20-19+/t28-,29-,30+,31-,34+/m0/s1. The zero-order chi connectivity index (χ0) is 27.2. The van der Waals surface area contributed by atoms with Crippen molar-refractivity contribution in [3.8, 4) is 16.9 Å². The Balaban J connectivity index is 1.34. The van der Waals surface area contributed by atoms with E-state index in [1.54, 1.807) is 7.11 Å². The van der Waals surface area contributed by atoms with Crippen molar-refractivity contribution in [3.63, 3.8) is 0 Å². The molecule has 1 saturated carbocycles. The molecule has 0 spiro atoms. The average molecular weight is 525 g/mol. The first-order chi connectivity index (χ1) is 19.1. The average Bonchev–Trinajstić information content (AvgIpc) is 3.30. The monoisotopic (exact) mass is 524 g/mol. The van der Waals surface area contributed by atoms with Crippen LogP contribution in [0.5, 0.6) is 5.75 Å². The number of esters is 1. The van der Waals surface area contributed by atoms with Gasteiger partial charge in [-0.25, -0.2) is 4.79 Å². The smallest absolute Gasteiger partial charge is 0.338 e. The van der Waals surface area contributed by atoms with Gasteiger partial charge in [0.05, 0.1) is 18.8 Å². The van der Waals surface area contributed by atoms with Crippen LogP contribution in [-0.2, 0) is 17.6 Å². The van der Waals surface area contributed by atoms with Gasteiger partial charge in [-0.2, -0.15) is 0 Å². The number of fused-ring (bicyclic) bond motifs is 2. The summed E-state index contributed by atoms with van der Waals surface area (Å²) in [5.41, 5.74) is 5.36. The van der Waals surface area contributed by atoms with Gasteiger partial charge in [-0.15, -0.1) is 0 Å². The fourth-order valence-corrected chi connectivity index (χ4v) is 6.48. The van der Waals surface area contributed by atoms with E-state index in [9.17, 15) is 9.90 Å². The molecule has 5 rings (SSSR count). The van der Waals surface area contributed by atoms with Gasteiger partial charge in [0.2, 0.25) is 0 Å². The predicted molar refractivity (Wildman–Crippen MR) is 156 cm³/mol. The third kappa shape index (κ3) is 6.28. The summed E-state index contributed by atoms with van der Waals surface area (Å²) < 4.78 is 11.9. The molecule has 0 aromatic heterocycles. The Kier molecular flexibility index (Phi) is 8.83. The highest BCUT2D eigenvalue weighted by atomic mass is 16.5. The summed E-state index contributed by atoms with van der Waals surface area (Å²) >= 11 is 0. The van der Waals surface area contributed by atoms with Crippen molar-refractivity contribution in [2.24, 2.45) is 17.8 Å². The van der Waals surface area contributed by atoms with Crippen LogP contribution in [-0.4, -0.2) is 30.4 Å². The molecule has 4 heteroatoms. The van der Waals surface area contributed by atoms with E-state index >= 15 is 0 Å². The van der Waals surface area contributed by atoms with Crippen LogP contribution >= 0.6 is 0 Å². The van der Waals surface area contributed by atoms with Crippen LogP contribution < -0.4 is 4.74 Å². The number of hydrogen-bond donors (Lipinski definition) is 1. The minimum Gasteiger partial charge on any atom is -0.496 e. The highest BCUT2D eigenvalue weighted by Gasteiger charge is 2.46. The Morgan fingerprint density at radius 1 is 0.974 bits per heavy atom. The zero-order valence-electron chi connectivity index (χ0n) is 23.1. The second-order valence-electron chi connectivity index (χ2n) is 11.1. The number of ether oxygens (including phenoxy) is 2. The van der Waals surface area contributed by atoms with Crippen molar-refractivity contribution in [2.45, 2.75) is 64.1 Å². The largest absolute Gasteiger partial charge is 0.496 e. The Morgan fingerprint density at radius 3 is 2.49 bits per heavy atom. The molecular weight excluding hydrogens is 484 g/mol. The van der Waals surface area contributed by atoms with Crippen LogP contribution in [0.1, 0.15) is 60.5 Å². The zero-order valence-corrected chi connectivity index (χ0v) is 23.1. The number of carbonyl (C=O) groups is 1. The second kappa shape index (κ2) is 12.7. The second-order valence-corrected chi connectivity index (χ2v) is 11.1. The molecule has 3 aromatic rings. The van der Waals surface area contributed by atoms with Crippen molar-refractivity contribution < 1.29 is 19.4 Å². The summed E-state index contributed by atoms with van der Waals surface area (Å²) in [6.45, 7) is 2.17. The van der Waals surface area contributed by atoms with Gasteiger partial charge in [-0.1, -0.05) is 92.9 Å². The molecule has 0 amide bonds. The molecule has 0 unspecified atom stereocenters. The minimum absolute atomic E-state index is 0.0720. The van der Waals surface area contributed by atoms with Gasteiger partial charge in [0.25, 0.3) is 0 Å². The van der Waals surface area contributed by atoms with Crippen LogP contribution in [0.3, 0.4) is 0 Å². The minimum atomic E-state index is -0.464. The van der Waals surface area contributed by atoms with Gasteiger partial charge < -0.3 is 14.6 Å². The third-order valence-electron chi connectivity index (χ3n) is 8.58. The fourth-order valence-electron chi connectivity index (χ4n) is 6.48. The van der Waals surface area contributed by atoms with Gasteiger partial charge in [0.15, 0.2) is 0 Å². The molecule has 4 nitrogen and oxygen atoms in total. The SMILES string of the molecule is CCCCC[C@H](O)/C=C/[C@@H]1[C@H]2Cc3cccc(OC)c3C[C@H]2C[C@H]1OC(=O)c1ccc(-c2ccccc2)cc1. The molecular formula is C35H40O4. The molecule has 5 atom stereocenters. The Labute approximate surface area is 232 Å². The van der Waals surface area contributed by atoms with E-state index in [4.69, 9.17) is 9.47 Å². The molecule has 2 aliphatic carbocycles. The van der Waals surface area contributed by atoms with E-state index in [0.717, 1.165) is 61.8 Å². The van der Waals surface area contributed by atoms with Crippen molar-refractivity contribution >= 4 is 5.97 Å². The molecule has 204 valence electrons. The van der Waals surface area contributed by atoms with Gasteiger partial charge in [0.1, 0.15) is 11.9 Å². The van der Waals surface area contributed by atoms with Crippen molar-refractivity contribution in [3.05, 3.63) is 102 Å². The lowest BCUT2D eigenvalue weighted by molar-refractivity contribution is 0.0230. The maximum atomic E-state index is 13.3. The van der Waals surface area contributed by atoms with Crippen LogP contribution in [0.25, 0.3) is 11.1 Å². The summed E-state index contributed by atoms with van der Waals surface area (Å²) in [4.78, 5) is 13.3. The number of aliphatic hydroxyl groups is 1. The highest BCUT2D eigenvalue weighted by Crippen LogP contribution is 2.48. The van der Waals surface area contributed by atoms with Gasteiger partial charge in [-0.05, 0) is 78.0 Å². The number of carbonyl (C=O) groups excluding carboxylic acids is 1. The molecule has 1 N–H and O–H groups in total. The van der Waals surface area contributed by atoms with E-state index in [2.05, 4.69) is 37.3 Å². The number of aliphatic hydroxyl groups excluding tert-OH is 1. The van der Waals surface area contributed by atoms with Gasteiger partial charge >= 0.3 is 5.97 Å². The van der Waals surface area contributed by atoms with E-state index in [0.29, 0.717) is 17.4 Å². The normalized spacial score (nSPS) is 22.7. The van der Waals surface area contributed by atoms with Crippen molar-refractivity contribution in [1.82, 2.24) is 0 Å². The third-order valence-corrected chi connectivity index (χ3v) is 8.58. The Hall–Kier alpha value is -3.37. The Bertz CT molecular complexity index is 1260. The fraction of sp³-hybridized carbons (Fsp3) is 0.400. The summed E-state index contributed by atoms with van der Waals surface area (Å²) in [6.07, 6.45) is 10.1. The van der Waals surface area contributed by atoms with Crippen LogP contribution in [0.2, 0.25) is 0 Å². The van der Waals surface area contributed by atoms with Gasteiger partial charge in [0, 0.05) is 5.92 Å². The summed E-state index contributed by atoms with van der Waals surface area (Å²) in [5.74, 6) is 1.50. The number of methoxy groups -OCH3 is 1. The molecule has 2 aliphatic rings. The van der Waals surface area contributed by atoms with E-state index in [1.807, 2.05) is 54.6 Å². The predicted octanol–water partition coefficient (Wildman–Crippen LogP) is 7.44. The molecule has 0 saturated heterocycles. The van der Waals surface area contributed by atoms with Crippen molar-refractivity contribution in [1.29, 1.82) is 0 Å². The molecule has 1 fully saturated rings. The van der Waals surface area contributed by atoms with Crippen LogP contribution in [0, 0.1) is 17.8 Å². The summed E-state index contributed by atoms with van der Waals surface area (Å²) in [6, 6.07) is 24.1. The summed E-state index contributed by atoms with van der Waals surface area (Å²) in [5, 5.41) is 10.6. The molecule has 0 aliphatic heterocycles. The first-order valence-corrected chi connectivity index (χ1v) is 14.4. The lowest BCUT2D eigenvalue weighted by Gasteiger charge is -2.31. The highest BCUT2D eigenvalue weighted by molar-refractivity contribution is 5.90. The van der Waals surface area contributed by atoms with E-state index in [-0.39, 0.29) is 18.0 Å². The first-order valence-electron chi connectivity index (χ1n) is 14.4. The van der Waals surface area contributed by atoms with Gasteiger partial charge in [-0.3, -0.25) is 0 Å². The van der Waals surface area contributed by atoms with E-state index < -0.39 is 6.10 Å². The van der Waals surface area contributed by atoms with Crippen LogP contribution in [0.15, 0.2) is 84.9 Å². The maximum absolute atomic E-state index is 13.3. The number of unbranched alkanes of at least 4 members (excludes halogenated alkanes) is 2. The summed E-state index contributed by atoms with van der Waals surface area (Å²) in [7, 11) is 1.73. The molecule has 0 heterocycles. The lowest BCUT2D eigenvalue weighted by Crippen LogP contribution is -2.28. The number of hydrogen-bond acceptors (Lipinski definition) is 4. The molecule has 3 aromatic carbocycles. The molecule has 39 heavy (non-hydrogen) atoms. The van der Waals surface area contributed by atoms with Crippen LogP contribution in [0.4, 0.5) is 0 Å². The quantitative estimate of drug-likeness (QED) is 0.170. The van der Waals surface area contributed by atoms with E-state index in [1.165, 1.54) is 11.1 Å². The number of rotatable bonds is 10. The molecule has 0 radical (unpaired) electrons. The lowest BCUT2D eigenvalue weighted by atomic mass is 9.74. The Morgan fingerprint density at radius 2 is 1.74 bits per heavy atom. The first kappa shape index (κ1) is 27.2. The maximum Gasteiger partial charge on any atom is 0.338 e.